The van der Waals surface area contributed by atoms with Gasteiger partial charge in [-0.3, -0.25) is 14.6 Å². The third kappa shape index (κ3) is 9.44. The molecule has 1 rings (SSSR count). The molecule has 1 unspecified atom stereocenters. The normalized spacial score (nSPS) is 17.8. The molecule has 32 heavy (non-hydrogen) atoms. The van der Waals surface area contributed by atoms with Gasteiger partial charge in [-0.1, -0.05) is 25.7 Å². The molecule has 1 heterocycles. The van der Waals surface area contributed by atoms with E-state index in [1.54, 1.807) is 7.05 Å². The number of hydrogen-bond acceptors (Lipinski definition) is 5. The van der Waals surface area contributed by atoms with Gasteiger partial charge >= 0.3 is 18.1 Å². The van der Waals surface area contributed by atoms with Gasteiger partial charge in [0.1, 0.15) is 6.04 Å². The molecular formula is C21H34F3N3O5. The van der Waals surface area contributed by atoms with Crippen LogP contribution in [0.25, 0.3) is 0 Å². The molecule has 1 amide bonds. The first-order chi connectivity index (χ1) is 14.4. The second kappa shape index (κ2) is 12.1. The van der Waals surface area contributed by atoms with Crippen molar-refractivity contribution in [3.63, 3.8) is 0 Å². The number of hydrogen-bond donors (Lipinski definition) is 2. The summed E-state index contributed by atoms with van der Waals surface area (Å²) in [7, 11) is 5.61. The van der Waals surface area contributed by atoms with Gasteiger partial charge in [-0.15, -0.1) is 0 Å². The predicted molar refractivity (Wildman–Crippen MR) is 113 cm³/mol. The number of likely N-dealkylation sites (N-methyl/N-ethyl adjacent to an activating group) is 1. The van der Waals surface area contributed by atoms with Crippen LogP contribution in [0.3, 0.4) is 0 Å². The van der Waals surface area contributed by atoms with Crippen LogP contribution in [0, 0.1) is 23.7 Å². The lowest BCUT2D eigenvalue weighted by Gasteiger charge is -2.29. The SMILES string of the molecule is CC(C)C(C(=O)O)N(C)C(=O)[C@H]1CCN(CC#CC(C)(C)N(C)C)C1.O=C(O)C(F)(F)F. The number of halogens is 3. The quantitative estimate of drug-likeness (QED) is 0.578. The molecule has 0 saturated carbocycles. The van der Waals surface area contributed by atoms with Crippen LogP contribution in [-0.2, 0) is 14.4 Å². The van der Waals surface area contributed by atoms with E-state index in [0.717, 1.165) is 13.0 Å². The summed E-state index contributed by atoms with van der Waals surface area (Å²) in [6.45, 7) is 9.90. The lowest BCUT2D eigenvalue weighted by molar-refractivity contribution is -0.192. The van der Waals surface area contributed by atoms with E-state index in [1.165, 1.54) is 4.90 Å². The molecule has 2 atom stereocenters. The lowest BCUT2D eigenvalue weighted by Crippen LogP contribution is -2.48. The van der Waals surface area contributed by atoms with Crippen LogP contribution in [-0.4, -0.2) is 101 Å². The molecule has 0 spiro atoms. The fraction of sp³-hybridized carbons (Fsp3) is 0.762. The molecule has 0 radical (unpaired) electrons. The van der Waals surface area contributed by atoms with Crippen molar-refractivity contribution < 1.29 is 37.8 Å². The number of carbonyl (C=O) groups is 3. The Kier molecular flexibility index (Phi) is 11.2. The molecule has 0 aromatic heterocycles. The summed E-state index contributed by atoms with van der Waals surface area (Å²) in [6.07, 6.45) is -4.33. The van der Waals surface area contributed by atoms with Crippen LogP contribution in [0.1, 0.15) is 34.1 Å². The highest BCUT2D eigenvalue weighted by Gasteiger charge is 2.38. The number of carboxylic acids is 2. The number of aliphatic carboxylic acids is 2. The lowest BCUT2D eigenvalue weighted by atomic mass is 10.0. The molecular weight excluding hydrogens is 431 g/mol. The zero-order chi connectivity index (χ0) is 25.4. The maximum atomic E-state index is 12.7. The van der Waals surface area contributed by atoms with E-state index in [-0.39, 0.29) is 23.3 Å². The molecule has 1 fully saturated rings. The van der Waals surface area contributed by atoms with Crippen molar-refractivity contribution in [2.45, 2.75) is 51.9 Å². The summed E-state index contributed by atoms with van der Waals surface area (Å²) >= 11 is 0. The standard InChI is InChI=1S/C19H33N3O3.C2HF3O2/c1-14(2)16(18(24)25)21(7)17(23)15-9-12-22(13-15)11-8-10-19(3,4)20(5)6;3-2(4,5)1(6)7/h14-16H,9,11-13H2,1-7H3,(H,24,25);(H,6,7)/t15-,16?;/m0./s1. The number of carboxylic acid groups (broad SMARTS) is 2. The van der Waals surface area contributed by atoms with Crippen LogP contribution < -0.4 is 0 Å². The minimum atomic E-state index is -5.08. The van der Waals surface area contributed by atoms with Crippen molar-refractivity contribution in [2.75, 3.05) is 40.8 Å². The second-order valence-electron chi connectivity index (χ2n) is 8.76. The van der Waals surface area contributed by atoms with Gasteiger partial charge in [-0.25, -0.2) is 9.59 Å². The molecule has 1 aliphatic heterocycles. The highest BCUT2D eigenvalue weighted by Crippen LogP contribution is 2.21. The number of carbonyl (C=O) groups excluding carboxylic acids is 1. The predicted octanol–water partition coefficient (Wildman–Crippen LogP) is 1.85. The number of nitrogens with zero attached hydrogens (tertiary/aromatic N) is 3. The third-order valence-corrected chi connectivity index (χ3v) is 5.33. The van der Waals surface area contributed by atoms with Crippen LogP contribution in [0.15, 0.2) is 0 Å². The Morgan fingerprint density at radius 2 is 1.62 bits per heavy atom. The zero-order valence-electron chi connectivity index (χ0n) is 19.7. The first-order valence-electron chi connectivity index (χ1n) is 10.1. The molecule has 0 aliphatic carbocycles. The molecule has 8 nitrogen and oxygen atoms in total. The largest absolute Gasteiger partial charge is 0.490 e. The van der Waals surface area contributed by atoms with E-state index >= 15 is 0 Å². The number of rotatable bonds is 6. The maximum Gasteiger partial charge on any atom is 0.490 e. The zero-order valence-corrected chi connectivity index (χ0v) is 19.7. The van der Waals surface area contributed by atoms with Gasteiger partial charge in [-0.2, -0.15) is 13.2 Å². The first kappa shape index (κ1) is 29.7. The summed E-state index contributed by atoms with van der Waals surface area (Å²) in [5.74, 6) is 2.42. The molecule has 1 aliphatic rings. The Hall–Kier alpha value is -2.32. The molecule has 1 saturated heterocycles. The van der Waals surface area contributed by atoms with Crippen molar-refractivity contribution in [1.82, 2.24) is 14.7 Å². The van der Waals surface area contributed by atoms with Crippen molar-refractivity contribution in [3.05, 3.63) is 0 Å². The Morgan fingerprint density at radius 1 is 1.12 bits per heavy atom. The maximum absolute atomic E-state index is 12.7. The smallest absolute Gasteiger partial charge is 0.480 e. The Morgan fingerprint density at radius 3 is 2.00 bits per heavy atom. The van der Waals surface area contributed by atoms with Gasteiger partial charge < -0.3 is 15.1 Å². The summed E-state index contributed by atoms with van der Waals surface area (Å²) in [5.41, 5.74) is -0.179. The van der Waals surface area contributed by atoms with E-state index in [4.69, 9.17) is 9.90 Å². The van der Waals surface area contributed by atoms with Crippen LogP contribution in [0.5, 0.6) is 0 Å². The molecule has 2 N–H and O–H groups in total. The van der Waals surface area contributed by atoms with Gasteiger partial charge in [0, 0.05) is 13.6 Å². The van der Waals surface area contributed by atoms with Crippen LogP contribution in [0.4, 0.5) is 13.2 Å². The van der Waals surface area contributed by atoms with Gasteiger partial charge in [0.2, 0.25) is 5.91 Å². The highest BCUT2D eigenvalue weighted by atomic mass is 19.4. The van der Waals surface area contributed by atoms with Gasteiger partial charge in [0.15, 0.2) is 0 Å². The number of amides is 1. The summed E-state index contributed by atoms with van der Waals surface area (Å²) in [6, 6.07) is -0.776. The van der Waals surface area contributed by atoms with E-state index in [9.17, 15) is 27.9 Å². The van der Waals surface area contributed by atoms with Crippen LogP contribution >= 0.6 is 0 Å². The van der Waals surface area contributed by atoms with E-state index in [2.05, 4.69) is 35.5 Å². The fourth-order valence-electron chi connectivity index (χ4n) is 2.98. The average Bonchev–Trinajstić information content (AvgIpc) is 3.08. The van der Waals surface area contributed by atoms with Gasteiger partial charge in [0.05, 0.1) is 18.0 Å². The molecule has 11 heteroatoms. The molecule has 0 aromatic carbocycles. The highest BCUT2D eigenvalue weighted by molar-refractivity contribution is 5.85. The topological polar surface area (TPSA) is 101 Å². The number of alkyl halides is 3. The summed E-state index contributed by atoms with van der Waals surface area (Å²) in [4.78, 5) is 38.6. The van der Waals surface area contributed by atoms with Gasteiger partial charge in [0.25, 0.3) is 0 Å². The van der Waals surface area contributed by atoms with Crippen molar-refractivity contribution >= 4 is 17.8 Å². The summed E-state index contributed by atoms with van der Waals surface area (Å²) < 4.78 is 31.7. The van der Waals surface area contributed by atoms with E-state index in [0.29, 0.717) is 13.1 Å². The Bertz CT molecular complexity index is 726. The van der Waals surface area contributed by atoms with E-state index < -0.39 is 24.2 Å². The van der Waals surface area contributed by atoms with E-state index in [1.807, 2.05) is 27.9 Å². The minimum absolute atomic E-state index is 0.0785. The van der Waals surface area contributed by atoms with Crippen LogP contribution in [0.2, 0.25) is 0 Å². The molecule has 184 valence electrons. The fourth-order valence-corrected chi connectivity index (χ4v) is 2.98. The minimum Gasteiger partial charge on any atom is -0.480 e. The number of likely N-dealkylation sites (tertiary alicyclic amines) is 1. The van der Waals surface area contributed by atoms with Crippen molar-refractivity contribution in [1.29, 1.82) is 0 Å². The summed E-state index contributed by atoms with van der Waals surface area (Å²) in [5, 5.41) is 16.5. The molecule has 0 bridgehead atoms. The van der Waals surface area contributed by atoms with Gasteiger partial charge in [-0.05, 0) is 46.8 Å². The second-order valence-corrected chi connectivity index (χ2v) is 8.76. The third-order valence-electron chi connectivity index (χ3n) is 5.33. The molecule has 0 aromatic rings. The Labute approximate surface area is 187 Å². The monoisotopic (exact) mass is 465 g/mol. The Balaban J connectivity index is 0.00000118. The average molecular weight is 466 g/mol. The van der Waals surface area contributed by atoms with Crippen molar-refractivity contribution in [2.24, 2.45) is 11.8 Å². The van der Waals surface area contributed by atoms with Crippen molar-refractivity contribution in [3.8, 4) is 11.8 Å². The first-order valence-corrected chi connectivity index (χ1v) is 10.1.